The lowest BCUT2D eigenvalue weighted by molar-refractivity contribution is -0.360. The van der Waals surface area contributed by atoms with Crippen molar-refractivity contribution in [3.05, 3.63) is 162 Å². The molecule has 2 aliphatic heterocycles. The highest BCUT2D eigenvalue weighted by molar-refractivity contribution is 7.12. The summed E-state index contributed by atoms with van der Waals surface area (Å²) in [5, 5.41) is 16.4. The van der Waals surface area contributed by atoms with E-state index in [1.54, 1.807) is 109 Å². The first-order chi connectivity index (χ1) is 31.9. The van der Waals surface area contributed by atoms with Gasteiger partial charge < -0.3 is 38.3 Å². The molecule has 0 atom stereocenters. The Balaban J connectivity index is 0.722. The third-order valence-electron chi connectivity index (χ3n) is 11.0. The second kappa shape index (κ2) is 20.5. The van der Waals surface area contributed by atoms with Crippen LogP contribution in [0, 0.1) is 6.92 Å². The maximum atomic E-state index is 16.1. The van der Waals surface area contributed by atoms with Gasteiger partial charge in [-0.2, -0.15) is 5.10 Å². The summed E-state index contributed by atoms with van der Waals surface area (Å²) in [5.41, 5.74) is 5.41. The number of nitrogens with zero attached hydrogens (tertiary/aromatic N) is 4. The molecule has 6 aromatic rings. The molecule has 0 saturated carbocycles. The molecule has 0 saturated heterocycles. The third kappa shape index (κ3) is 10.4. The van der Waals surface area contributed by atoms with Crippen LogP contribution in [0.3, 0.4) is 0 Å². The summed E-state index contributed by atoms with van der Waals surface area (Å²) >= 11 is 20.2. The van der Waals surface area contributed by atoms with Crippen LogP contribution in [0.15, 0.2) is 114 Å². The Labute approximate surface area is 399 Å². The molecule has 11 nitrogen and oxygen atoms in total. The second-order valence-corrected chi connectivity index (χ2v) is 17.8. The quantitative estimate of drug-likeness (QED) is 0.0585. The van der Waals surface area contributed by atoms with Gasteiger partial charge in [0.15, 0.2) is 23.7 Å². The Morgan fingerprint density at radius 1 is 0.833 bits per heavy atom. The molecule has 3 amide bonds. The van der Waals surface area contributed by atoms with E-state index >= 15 is 8.63 Å². The fourth-order valence-corrected chi connectivity index (χ4v) is 9.18. The van der Waals surface area contributed by atoms with Gasteiger partial charge in [-0.05, 0) is 97.4 Å². The van der Waals surface area contributed by atoms with E-state index in [4.69, 9.17) is 39.5 Å². The van der Waals surface area contributed by atoms with Gasteiger partial charge >= 0.3 is 6.97 Å². The minimum absolute atomic E-state index is 0.143. The lowest BCUT2D eigenvalue weighted by Gasteiger charge is -2.30. The Hall–Kier alpha value is -6.26. The van der Waals surface area contributed by atoms with Gasteiger partial charge in [0.2, 0.25) is 5.91 Å². The highest BCUT2D eigenvalue weighted by Crippen LogP contribution is 2.36. The number of fused-ring (bicyclic) bond motifs is 2. The number of thiophene rings is 1. The smallest absolute Gasteiger partial charge is 0.484 e. The first kappa shape index (κ1) is 46.3. The molecule has 338 valence electrons. The summed E-state index contributed by atoms with van der Waals surface area (Å²) in [6.07, 6.45) is 11.0. The molecular weight excluding hydrogens is 926 g/mol. The predicted octanol–water partition coefficient (Wildman–Crippen LogP) is 10.1. The molecule has 66 heavy (non-hydrogen) atoms. The first-order valence-electron chi connectivity index (χ1n) is 21.2. The Bertz CT molecular complexity index is 2910. The van der Waals surface area contributed by atoms with E-state index in [0.717, 1.165) is 31.4 Å². The van der Waals surface area contributed by atoms with Crippen LogP contribution < -0.4 is 20.7 Å². The van der Waals surface area contributed by atoms with Crippen molar-refractivity contribution >= 4 is 94.8 Å². The van der Waals surface area contributed by atoms with E-state index < -0.39 is 12.9 Å². The number of rotatable bonds is 18. The summed E-state index contributed by atoms with van der Waals surface area (Å²) in [7, 11) is 0. The average Bonchev–Trinajstić information content (AvgIpc) is 4.13. The number of carbonyl (C=O) groups is 3. The molecule has 18 heteroatoms. The van der Waals surface area contributed by atoms with Crippen molar-refractivity contribution in [2.24, 2.45) is 0 Å². The summed E-state index contributed by atoms with van der Waals surface area (Å²) in [5.74, 6) is -0.330. The number of aromatic nitrogens is 3. The molecule has 0 spiro atoms. The zero-order valence-corrected chi connectivity index (χ0v) is 38.7. The van der Waals surface area contributed by atoms with Gasteiger partial charge in [0.25, 0.3) is 11.8 Å². The Morgan fingerprint density at radius 3 is 2.35 bits per heavy atom. The number of halogens is 5. The third-order valence-corrected chi connectivity index (χ3v) is 12.7. The van der Waals surface area contributed by atoms with Crippen molar-refractivity contribution < 1.29 is 32.2 Å². The van der Waals surface area contributed by atoms with Crippen molar-refractivity contribution in [1.82, 2.24) is 30.2 Å². The SMILES string of the molecule is Cc1c(C(=O)NCCNC(=O)CCCCCNC(=O)COc2ccc(/C=C/c3ccc4n3[B-](F)(F)[N+]3=C(c5cccs5)C=CC3=C4)cc2)nn(-c2ccc(Cl)cc2Cl)c1-c1ccc(Cl)cc1. The Morgan fingerprint density at radius 2 is 1.59 bits per heavy atom. The number of hydrogen-bond acceptors (Lipinski definition) is 6. The number of nitrogens with one attached hydrogen (secondary N) is 3. The van der Waals surface area contributed by atoms with Crippen molar-refractivity contribution in [2.45, 2.75) is 32.6 Å². The summed E-state index contributed by atoms with van der Waals surface area (Å²) in [6, 6.07) is 26.3. The monoisotopic (exact) mass is 967 g/mol. The van der Waals surface area contributed by atoms with Crippen molar-refractivity contribution in [1.29, 1.82) is 0 Å². The van der Waals surface area contributed by atoms with Gasteiger partial charge in [-0.1, -0.05) is 77.6 Å². The van der Waals surface area contributed by atoms with E-state index in [1.807, 2.05) is 29.6 Å². The summed E-state index contributed by atoms with van der Waals surface area (Å²) < 4.78 is 41.7. The number of ether oxygens (including phenoxy) is 1. The molecule has 0 bridgehead atoms. The molecule has 5 heterocycles. The van der Waals surface area contributed by atoms with Crippen LogP contribution in [0.2, 0.25) is 15.1 Å². The molecule has 0 aliphatic carbocycles. The van der Waals surface area contributed by atoms with Gasteiger partial charge in [0.05, 0.1) is 21.3 Å². The predicted molar refractivity (Wildman–Crippen MR) is 260 cm³/mol. The standard InChI is InChI=1S/C48H43BCl3F2N7O4S/c1-31-46(58-61(41-22-15-35(51)28-40(41)52)47(31)33-11-13-34(50)14-12-33)48(64)57-26-25-56-44(62)7-3-2-4-24-55-45(63)30-65-39-20-9-32(10-21-39)8-16-36-17-18-37-29-38-19-23-42(43-6-5-27-66-43)60(38)49(53,54)59(36)37/h5-6,8-23,27-29H,2-4,7,24-26,30H2,1H3,(H,55,63)(H,56,62)(H,57,64)/b16-8+. The molecule has 3 aromatic heterocycles. The van der Waals surface area contributed by atoms with E-state index in [0.29, 0.717) is 86.4 Å². The van der Waals surface area contributed by atoms with E-state index in [2.05, 4.69) is 21.0 Å². The summed E-state index contributed by atoms with van der Waals surface area (Å²) in [4.78, 5) is 39.0. The van der Waals surface area contributed by atoms with Crippen molar-refractivity contribution in [3.8, 4) is 22.7 Å². The molecule has 0 radical (unpaired) electrons. The van der Waals surface area contributed by atoms with Crippen LogP contribution in [0.1, 0.15) is 63.6 Å². The number of amides is 3. The van der Waals surface area contributed by atoms with Crippen LogP contribution in [-0.4, -0.2) is 75.4 Å². The molecule has 3 aromatic carbocycles. The number of hydrogen-bond donors (Lipinski definition) is 3. The van der Waals surface area contributed by atoms with Crippen LogP contribution in [0.4, 0.5) is 8.63 Å². The molecule has 8 rings (SSSR count). The van der Waals surface area contributed by atoms with E-state index in [9.17, 15) is 14.4 Å². The second-order valence-electron chi connectivity index (χ2n) is 15.6. The molecule has 2 aliphatic rings. The topological polar surface area (TPSA) is 122 Å². The first-order valence-corrected chi connectivity index (χ1v) is 23.3. The van der Waals surface area contributed by atoms with Gasteiger partial charge in [-0.3, -0.25) is 14.4 Å². The van der Waals surface area contributed by atoms with E-state index in [-0.39, 0.29) is 37.2 Å². The highest BCUT2D eigenvalue weighted by atomic mass is 35.5. The fourth-order valence-electron chi connectivity index (χ4n) is 7.82. The molecule has 3 N–H and O–H groups in total. The number of allylic oxidation sites excluding steroid dienone is 2. The van der Waals surface area contributed by atoms with Gasteiger partial charge in [-0.25, -0.2) is 4.68 Å². The molecular formula is C48H43BCl3F2N7O4S. The zero-order chi connectivity index (χ0) is 46.4. The van der Waals surface area contributed by atoms with Gasteiger partial charge in [0, 0.05) is 76.8 Å². The summed E-state index contributed by atoms with van der Waals surface area (Å²) in [6.45, 7) is -1.64. The highest BCUT2D eigenvalue weighted by Gasteiger charge is 2.52. The zero-order valence-electron chi connectivity index (χ0n) is 35.6. The normalized spacial score (nSPS) is 13.7. The lowest BCUT2D eigenvalue weighted by atomic mass is 9.90. The Kier molecular flexibility index (Phi) is 14.4. The minimum Gasteiger partial charge on any atom is -0.484 e. The van der Waals surface area contributed by atoms with Crippen LogP contribution >= 0.6 is 46.1 Å². The van der Waals surface area contributed by atoms with Gasteiger partial charge in [0.1, 0.15) is 5.75 Å². The number of carbonyl (C=O) groups excluding carboxylic acids is 3. The van der Waals surface area contributed by atoms with E-state index in [1.165, 1.54) is 11.3 Å². The maximum absolute atomic E-state index is 16.1. The largest absolute Gasteiger partial charge is 0.737 e. The maximum Gasteiger partial charge on any atom is 0.737 e. The average molecular weight is 969 g/mol. The van der Waals surface area contributed by atoms with Gasteiger partial charge in [-0.15, -0.1) is 11.3 Å². The number of unbranched alkanes of at least 4 members (excludes halogenated alkanes) is 2. The molecule has 0 fully saturated rings. The van der Waals surface area contributed by atoms with Crippen LogP contribution in [0.25, 0.3) is 35.2 Å². The van der Waals surface area contributed by atoms with Crippen LogP contribution in [0.5, 0.6) is 5.75 Å². The van der Waals surface area contributed by atoms with Crippen molar-refractivity contribution in [2.75, 3.05) is 26.2 Å². The van der Waals surface area contributed by atoms with Crippen molar-refractivity contribution in [3.63, 3.8) is 0 Å². The fraction of sp³-hybridized carbons (Fsp3) is 0.188. The van der Waals surface area contributed by atoms with Crippen LogP contribution in [-0.2, 0) is 9.59 Å². The lowest BCUT2D eigenvalue weighted by Crippen LogP contribution is -2.50. The molecule has 0 unspecified atom stereocenters. The number of benzene rings is 3. The minimum atomic E-state index is -4.14.